The molecule has 2 unspecified atom stereocenters. The van der Waals surface area contributed by atoms with Crippen LogP contribution in [0, 0.1) is 17.6 Å². The molecule has 2 rings (SSSR count). The molecular weight excluding hydrogens is 446 g/mol. The number of carbonyl (C=O) groups is 1. The zero-order chi connectivity index (χ0) is 24.6. The molecule has 0 heterocycles. The van der Waals surface area contributed by atoms with Gasteiger partial charge in [-0.3, -0.25) is 4.79 Å². The summed E-state index contributed by atoms with van der Waals surface area (Å²) in [7, 11) is 1.82. The van der Waals surface area contributed by atoms with Crippen molar-refractivity contribution in [1.82, 2.24) is 10.6 Å². The van der Waals surface area contributed by atoms with Crippen LogP contribution in [-0.4, -0.2) is 24.6 Å². The van der Waals surface area contributed by atoms with Gasteiger partial charge in [0.2, 0.25) is 0 Å². The molecule has 2 aromatic rings. The van der Waals surface area contributed by atoms with E-state index in [2.05, 4.69) is 10.6 Å². The Hall–Kier alpha value is -2.86. The number of hydrogen-bond donors (Lipinski definition) is 2. The zero-order valence-electron chi connectivity index (χ0n) is 19.6. The molecule has 0 spiro atoms. The van der Waals surface area contributed by atoms with Crippen molar-refractivity contribution in [3.05, 3.63) is 88.6 Å². The topological polar surface area (TPSA) is 50.4 Å². The third-order valence-corrected chi connectivity index (χ3v) is 5.44. The first kappa shape index (κ1) is 26.4. The van der Waals surface area contributed by atoms with E-state index in [4.69, 9.17) is 16.3 Å². The van der Waals surface area contributed by atoms with E-state index in [1.165, 1.54) is 0 Å². The summed E-state index contributed by atoms with van der Waals surface area (Å²) in [5.74, 6) is -2.06. The molecule has 2 aromatic carbocycles. The zero-order valence-corrected chi connectivity index (χ0v) is 20.3. The molecular formula is C26H31ClF2N2O2. The molecule has 0 bridgehead atoms. The van der Waals surface area contributed by atoms with E-state index in [0.29, 0.717) is 11.4 Å². The summed E-state index contributed by atoms with van der Waals surface area (Å²) in [6.07, 6.45) is 6.50. The number of allylic oxidation sites excluding steroid dienone is 2. The van der Waals surface area contributed by atoms with Gasteiger partial charge in [-0.2, -0.15) is 0 Å². The summed E-state index contributed by atoms with van der Waals surface area (Å²) in [4.78, 5) is 13.1. The smallest absolute Gasteiger partial charge is 0.263 e. The Morgan fingerprint density at radius 1 is 1.15 bits per heavy atom. The quantitative estimate of drug-likeness (QED) is 0.425. The minimum atomic E-state index is -1.35. The summed E-state index contributed by atoms with van der Waals surface area (Å²) in [6.45, 7) is 6.97. The summed E-state index contributed by atoms with van der Waals surface area (Å²) < 4.78 is 32.7. The van der Waals surface area contributed by atoms with Crippen molar-refractivity contribution in [2.45, 2.75) is 45.8 Å². The highest BCUT2D eigenvalue weighted by Gasteiger charge is 2.33. The summed E-state index contributed by atoms with van der Waals surface area (Å²) in [5, 5.41) is 6.74. The molecule has 0 radical (unpaired) electrons. The van der Waals surface area contributed by atoms with Crippen molar-refractivity contribution in [2.75, 3.05) is 7.05 Å². The van der Waals surface area contributed by atoms with E-state index in [1.807, 2.05) is 63.5 Å². The third-order valence-electron chi connectivity index (χ3n) is 5.19. The maximum Gasteiger partial charge on any atom is 0.263 e. The molecule has 0 aliphatic carbocycles. The van der Waals surface area contributed by atoms with E-state index < -0.39 is 23.1 Å². The Kier molecular flexibility index (Phi) is 9.47. The first-order valence-corrected chi connectivity index (χ1v) is 11.1. The molecule has 0 saturated carbocycles. The molecule has 0 fully saturated rings. The van der Waals surface area contributed by atoms with Crippen LogP contribution in [0.15, 0.2) is 66.4 Å². The highest BCUT2D eigenvalue weighted by atomic mass is 35.5. The van der Waals surface area contributed by atoms with Crippen LogP contribution in [0.3, 0.4) is 0 Å². The van der Waals surface area contributed by atoms with Crippen LogP contribution in [-0.2, 0) is 11.2 Å². The average Bonchev–Trinajstić information content (AvgIpc) is 2.72. The second-order valence-corrected chi connectivity index (χ2v) is 8.79. The van der Waals surface area contributed by atoms with Crippen molar-refractivity contribution in [2.24, 2.45) is 5.92 Å². The fraction of sp³-hybridized carbons (Fsp3) is 0.346. The summed E-state index contributed by atoms with van der Waals surface area (Å²) in [6, 6.07) is 10.2. The molecule has 2 N–H and O–H groups in total. The number of ether oxygens (including phenoxy) is 1. The number of halogens is 3. The summed E-state index contributed by atoms with van der Waals surface area (Å²) >= 11 is 6.03. The SMILES string of the molecule is C/C=C\C(=C/NC)C(Cc1ccc(Cl)cc1)C(C)NC(=O)C(C)(C)Oc1cc(F)cc(F)c1. The van der Waals surface area contributed by atoms with Crippen molar-refractivity contribution < 1.29 is 18.3 Å². The van der Waals surface area contributed by atoms with Gasteiger partial charge in [0.15, 0.2) is 5.60 Å². The Morgan fingerprint density at radius 3 is 2.30 bits per heavy atom. The van der Waals surface area contributed by atoms with Gasteiger partial charge >= 0.3 is 0 Å². The molecule has 7 heteroatoms. The van der Waals surface area contributed by atoms with E-state index in [0.717, 1.165) is 29.3 Å². The molecule has 0 saturated heterocycles. The number of nitrogens with one attached hydrogen (secondary N) is 2. The van der Waals surface area contributed by atoms with Crippen molar-refractivity contribution >= 4 is 17.5 Å². The lowest BCUT2D eigenvalue weighted by molar-refractivity contribution is -0.135. The van der Waals surface area contributed by atoms with Gasteiger partial charge in [0.05, 0.1) is 0 Å². The molecule has 4 nitrogen and oxygen atoms in total. The van der Waals surface area contributed by atoms with Gasteiger partial charge in [-0.05, 0) is 63.6 Å². The molecule has 0 aromatic heterocycles. The monoisotopic (exact) mass is 476 g/mol. The fourth-order valence-corrected chi connectivity index (χ4v) is 3.63. The van der Waals surface area contributed by atoms with E-state index >= 15 is 0 Å². The second kappa shape index (κ2) is 11.8. The molecule has 33 heavy (non-hydrogen) atoms. The number of hydrogen-bond acceptors (Lipinski definition) is 3. The van der Waals surface area contributed by atoms with E-state index in [-0.39, 0.29) is 17.7 Å². The van der Waals surface area contributed by atoms with Crippen LogP contribution >= 0.6 is 11.6 Å². The second-order valence-electron chi connectivity index (χ2n) is 8.35. The van der Waals surface area contributed by atoms with Gasteiger partial charge in [0.1, 0.15) is 17.4 Å². The van der Waals surface area contributed by atoms with Crippen LogP contribution < -0.4 is 15.4 Å². The Bertz CT molecular complexity index is 984. The molecule has 2 atom stereocenters. The number of benzene rings is 2. The van der Waals surface area contributed by atoms with E-state index in [1.54, 1.807) is 13.8 Å². The maximum absolute atomic E-state index is 13.5. The largest absolute Gasteiger partial charge is 0.478 e. The normalized spacial score (nSPS) is 14.1. The number of carbonyl (C=O) groups excluding carboxylic acids is 1. The van der Waals surface area contributed by atoms with Gasteiger partial charge in [-0.1, -0.05) is 35.9 Å². The summed E-state index contributed by atoms with van der Waals surface area (Å²) in [5.41, 5.74) is 0.726. The van der Waals surface area contributed by atoms with Crippen molar-refractivity contribution in [1.29, 1.82) is 0 Å². The Balaban J connectivity index is 2.24. The standard InChI is InChI=1S/C26H31ClF2N2O2/c1-6-7-19(16-30-5)24(12-18-8-10-20(27)11-9-18)17(2)31-25(32)26(3,4)33-23-14-21(28)13-22(29)15-23/h6-11,13-17,24,30H,12H2,1-5H3,(H,31,32)/b7-6-,19-16+. The minimum Gasteiger partial charge on any atom is -0.478 e. The van der Waals surface area contributed by atoms with Gasteiger partial charge in [-0.15, -0.1) is 0 Å². The first-order valence-electron chi connectivity index (χ1n) is 10.8. The first-order chi connectivity index (χ1) is 15.6. The van der Waals surface area contributed by atoms with Gasteiger partial charge < -0.3 is 15.4 Å². The van der Waals surface area contributed by atoms with Crippen molar-refractivity contribution in [3.8, 4) is 5.75 Å². The predicted octanol–water partition coefficient (Wildman–Crippen LogP) is 5.82. The molecule has 1 amide bonds. The molecule has 0 aliphatic rings. The number of amides is 1. The molecule has 0 aliphatic heterocycles. The lowest BCUT2D eigenvalue weighted by Crippen LogP contribution is -2.51. The fourth-order valence-electron chi connectivity index (χ4n) is 3.51. The van der Waals surface area contributed by atoms with Crippen LogP contribution in [0.4, 0.5) is 8.78 Å². The lowest BCUT2D eigenvalue weighted by Gasteiger charge is -2.31. The van der Waals surface area contributed by atoms with Crippen LogP contribution in [0.2, 0.25) is 5.02 Å². The van der Waals surface area contributed by atoms with Crippen molar-refractivity contribution in [3.63, 3.8) is 0 Å². The highest BCUT2D eigenvalue weighted by molar-refractivity contribution is 6.30. The van der Waals surface area contributed by atoms with E-state index in [9.17, 15) is 13.6 Å². The van der Waals surface area contributed by atoms with Crippen LogP contribution in [0.5, 0.6) is 5.75 Å². The Morgan fingerprint density at radius 2 is 1.76 bits per heavy atom. The van der Waals surface area contributed by atoms with Crippen LogP contribution in [0.25, 0.3) is 0 Å². The lowest BCUT2D eigenvalue weighted by atomic mass is 9.86. The van der Waals surface area contributed by atoms with Gasteiger partial charge in [0, 0.05) is 42.2 Å². The molecule has 178 valence electrons. The maximum atomic E-state index is 13.5. The Labute approximate surface area is 199 Å². The van der Waals surface area contributed by atoms with Gasteiger partial charge in [-0.25, -0.2) is 8.78 Å². The predicted molar refractivity (Wildman–Crippen MR) is 129 cm³/mol. The average molecular weight is 477 g/mol. The van der Waals surface area contributed by atoms with Gasteiger partial charge in [0.25, 0.3) is 5.91 Å². The minimum absolute atomic E-state index is 0.0531. The number of rotatable bonds is 10. The highest BCUT2D eigenvalue weighted by Crippen LogP contribution is 2.25. The van der Waals surface area contributed by atoms with Crippen LogP contribution in [0.1, 0.15) is 33.3 Å². The third kappa shape index (κ3) is 7.90.